The maximum Gasteiger partial charge on any atom is 0.313 e. The number of ether oxygens (including phenoxy) is 1. The average Bonchev–Trinajstić information content (AvgIpc) is 2.99. The van der Waals surface area contributed by atoms with Crippen LogP contribution >= 0.6 is 23.3 Å². The van der Waals surface area contributed by atoms with Crippen molar-refractivity contribution in [2.75, 3.05) is 19.5 Å². The van der Waals surface area contributed by atoms with Crippen molar-refractivity contribution in [1.82, 2.24) is 24.4 Å². The Morgan fingerprint density at radius 1 is 1.45 bits per heavy atom. The molecule has 0 radical (unpaired) electrons. The third-order valence-corrected chi connectivity index (χ3v) is 4.19. The first-order chi connectivity index (χ1) is 9.63. The second-order valence-electron chi connectivity index (χ2n) is 3.82. The summed E-state index contributed by atoms with van der Waals surface area (Å²) in [5.74, 6) is -0.318. The van der Waals surface area contributed by atoms with Crippen molar-refractivity contribution in [3.8, 4) is 10.7 Å². The minimum atomic E-state index is -0.895. The summed E-state index contributed by atoms with van der Waals surface area (Å²) >= 11 is 2.36. The maximum absolute atomic E-state index is 10.7. The zero-order chi connectivity index (χ0) is 14.5. The van der Waals surface area contributed by atoms with Crippen LogP contribution in [0.1, 0.15) is 5.69 Å². The van der Waals surface area contributed by atoms with Crippen molar-refractivity contribution in [2.24, 2.45) is 0 Å². The molecule has 0 fully saturated rings. The number of carbonyl (C=O) groups is 1. The molecule has 0 bridgehead atoms. The maximum atomic E-state index is 10.7. The molecule has 0 amide bonds. The van der Waals surface area contributed by atoms with Crippen LogP contribution in [-0.4, -0.2) is 54.9 Å². The molecule has 0 saturated carbocycles. The van der Waals surface area contributed by atoms with Crippen molar-refractivity contribution < 1.29 is 14.6 Å². The molecule has 2 heterocycles. The van der Waals surface area contributed by atoms with Gasteiger partial charge >= 0.3 is 5.97 Å². The van der Waals surface area contributed by atoms with Crippen LogP contribution in [0.3, 0.4) is 0 Å². The van der Waals surface area contributed by atoms with Crippen molar-refractivity contribution in [2.45, 2.75) is 18.6 Å². The third kappa shape index (κ3) is 3.32. The summed E-state index contributed by atoms with van der Waals surface area (Å²) < 4.78 is 10.8. The van der Waals surface area contributed by atoms with Crippen LogP contribution in [0.2, 0.25) is 0 Å². The lowest BCUT2D eigenvalue weighted by atomic mass is 10.4. The number of hydrogen-bond acceptors (Lipinski definition) is 8. The van der Waals surface area contributed by atoms with Crippen molar-refractivity contribution in [3.63, 3.8) is 0 Å². The van der Waals surface area contributed by atoms with Crippen LogP contribution in [0, 0.1) is 6.92 Å². The average molecular weight is 315 g/mol. The topological polar surface area (TPSA) is 103 Å². The van der Waals surface area contributed by atoms with E-state index in [9.17, 15) is 4.79 Å². The van der Waals surface area contributed by atoms with Gasteiger partial charge in [-0.25, -0.2) is 0 Å². The quantitative estimate of drug-likeness (QED) is 0.753. The number of aromatic nitrogens is 5. The van der Waals surface area contributed by atoms with Crippen LogP contribution in [0.5, 0.6) is 0 Å². The van der Waals surface area contributed by atoms with E-state index in [1.54, 1.807) is 7.11 Å². The molecule has 0 aliphatic carbocycles. The van der Waals surface area contributed by atoms with Gasteiger partial charge in [0.25, 0.3) is 0 Å². The highest BCUT2D eigenvalue weighted by atomic mass is 32.2. The van der Waals surface area contributed by atoms with E-state index in [0.717, 1.165) is 22.3 Å². The molecule has 108 valence electrons. The Labute approximate surface area is 123 Å². The van der Waals surface area contributed by atoms with Gasteiger partial charge in [0.1, 0.15) is 4.88 Å². The lowest BCUT2D eigenvalue weighted by Crippen LogP contribution is -2.08. The Bertz CT molecular complexity index is 597. The third-order valence-electron chi connectivity index (χ3n) is 2.42. The predicted molar refractivity (Wildman–Crippen MR) is 73.9 cm³/mol. The number of methoxy groups -OCH3 is 1. The summed E-state index contributed by atoms with van der Waals surface area (Å²) in [6, 6.07) is 0. The van der Waals surface area contributed by atoms with Gasteiger partial charge in [0.05, 0.1) is 24.6 Å². The fraction of sp³-hybridized carbons (Fsp3) is 0.500. The van der Waals surface area contributed by atoms with Gasteiger partial charge in [-0.15, -0.1) is 15.3 Å². The smallest absolute Gasteiger partial charge is 0.313 e. The van der Waals surface area contributed by atoms with E-state index in [1.807, 2.05) is 11.5 Å². The largest absolute Gasteiger partial charge is 0.481 e. The Balaban J connectivity index is 2.31. The monoisotopic (exact) mass is 315 g/mol. The van der Waals surface area contributed by atoms with Gasteiger partial charge in [-0.1, -0.05) is 16.3 Å². The molecular formula is C10H13N5O3S2. The number of aliphatic carboxylic acids is 1. The summed E-state index contributed by atoms with van der Waals surface area (Å²) in [5.41, 5.74) is 0.774. The zero-order valence-electron chi connectivity index (χ0n) is 10.9. The molecule has 0 aliphatic rings. The van der Waals surface area contributed by atoms with E-state index >= 15 is 0 Å². The van der Waals surface area contributed by atoms with Gasteiger partial charge in [0.15, 0.2) is 11.0 Å². The van der Waals surface area contributed by atoms with Crippen molar-refractivity contribution >= 4 is 29.3 Å². The molecule has 2 aromatic heterocycles. The first kappa shape index (κ1) is 14.9. The number of nitrogens with zero attached hydrogens (tertiary/aromatic N) is 5. The summed E-state index contributed by atoms with van der Waals surface area (Å²) in [6.07, 6.45) is 0. The van der Waals surface area contributed by atoms with Gasteiger partial charge in [0.2, 0.25) is 0 Å². The summed E-state index contributed by atoms with van der Waals surface area (Å²) in [5, 5.41) is 21.4. The van der Waals surface area contributed by atoms with Gasteiger partial charge in [-0.2, -0.15) is 0 Å². The summed E-state index contributed by atoms with van der Waals surface area (Å²) in [7, 11) is 1.60. The fourth-order valence-electron chi connectivity index (χ4n) is 1.51. The lowest BCUT2D eigenvalue weighted by Gasteiger charge is -2.07. The molecule has 20 heavy (non-hydrogen) atoms. The first-order valence-corrected chi connectivity index (χ1v) is 7.45. The normalized spacial score (nSPS) is 10.9. The Kier molecular flexibility index (Phi) is 5.04. The summed E-state index contributed by atoms with van der Waals surface area (Å²) in [6.45, 7) is 2.87. The van der Waals surface area contributed by atoms with E-state index in [0.29, 0.717) is 24.1 Å². The molecule has 0 aromatic carbocycles. The van der Waals surface area contributed by atoms with E-state index in [-0.39, 0.29) is 5.75 Å². The lowest BCUT2D eigenvalue weighted by molar-refractivity contribution is -0.133. The van der Waals surface area contributed by atoms with Crippen LogP contribution in [0.4, 0.5) is 0 Å². The summed E-state index contributed by atoms with van der Waals surface area (Å²) in [4.78, 5) is 11.5. The Hall–Kier alpha value is -1.52. The van der Waals surface area contributed by atoms with Gasteiger partial charge in [-0.3, -0.25) is 9.36 Å². The number of thioether (sulfide) groups is 1. The Morgan fingerprint density at radius 2 is 2.25 bits per heavy atom. The predicted octanol–water partition coefficient (Wildman–Crippen LogP) is 0.928. The van der Waals surface area contributed by atoms with Gasteiger partial charge < -0.3 is 9.84 Å². The van der Waals surface area contributed by atoms with Crippen molar-refractivity contribution in [1.29, 1.82) is 0 Å². The van der Waals surface area contributed by atoms with Crippen LogP contribution in [0.15, 0.2) is 5.16 Å². The first-order valence-electron chi connectivity index (χ1n) is 5.69. The molecule has 0 unspecified atom stereocenters. The molecule has 0 saturated heterocycles. The van der Waals surface area contributed by atoms with Crippen molar-refractivity contribution in [3.05, 3.63) is 5.69 Å². The SMILES string of the molecule is COCCn1c(SCC(=O)O)nnc1-c1snnc1C. The molecule has 0 spiro atoms. The molecular weight excluding hydrogens is 302 g/mol. The van der Waals surface area contributed by atoms with Gasteiger partial charge in [0, 0.05) is 7.11 Å². The van der Waals surface area contributed by atoms with Crippen LogP contribution < -0.4 is 0 Å². The standard InChI is InChI=1S/C10H13N5O3S2/c1-6-8(20-14-11-6)9-12-13-10(19-5-7(16)17)15(9)3-4-18-2/h3-5H2,1-2H3,(H,16,17). The van der Waals surface area contributed by atoms with Crippen LogP contribution in [-0.2, 0) is 16.1 Å². The highest BCUT2D eigenvalue weighted by Crippen LogP contribution is 2.27. The molecule has 1 N–H and O–H groups in total. The number of carboxylic acids is 1. The number of hydrogen-bond donors (Lipinski definition) is 1. The molecule has 0 atom stereocenters. The number of aryl methyl sites for hydroxylation is 1. The highest BCUT2D eigenvalue weighted by molar-refractivity contribution is 7.99. The van der Waals surface area contributed by atoms with Crippen LogP contribution in [0.25, 0.3) is 10.7 Å². The Morgan fingerprint density at radius 3 is 2.85 bits per heavy atom. The van der Waals surface area contributed by atoms with E-state index in [2.05, 4.69) is 19.8 Å². The second kappa shape index (κ2) is 6.77. The fourth-order valence-corrected chi connectivity index (χ4v) is 2.85. The van der Waals surface area contributed by atoms with E-state index in [1.165, 1.54) is 11.5 Å². The van der Waals surface area contributed by atoms with Gasteiger partial charge in [-0.05, 0) is 18.5 Å². The molecule has 2 rings (SSSR count). The minimum absolute atomic E-state index is 0.0644. The molecule has 2 aromatic rings. The van der Waals surface area contributed by atoms with E-state index in [4.69, 9.17) is 9.84 Å². The molecule has 8 nitrogen and oxygen atoms in total. The highest BCUT2D eigenvalue weighted by Gasteiger charge is 2.18. The molecule has 0 aliphatic heterocycles. The second-order valence-corrected chi connectivity index (χ2v) is 5.52. The minimum Gasteiger partial charge on any atom is -0.481 e. The number of carboxylic acid groups (broad SMARTS) is 1. The molecule has 10 heteroatoms. The zero-order valence-corrected chi connectivity index (χ0v) is 12.6. The van der Waals surface area contributed by atoms with E-state index < -0.39 is 5.97 Å². The number of rotatable bonds is 7.